The smallest absolute Gasteiger partial charge is 0.275 e. The molecule has 0 saturated heterocycles. The zero-order valence-corrected chi connectivity index (χ0v) is 11.0. The van der Waals surface area contributed by atoms with Crippen LogP contribution in [0.2, 0.25) is 0 Å². The third-order valence-corrected chi connectivity index (χ3v) is 3.27. The van der Waals surface area contributed by atoms with E-state index in [1.165, 1.54) is 6.07 Å². The van der Waals surface area contributed by atoms with Gasteiger partial charge in [-0.15, -0.1) is 0 Å². The van der Waals surface area contributed by atoms with Crippen molar-refractivity contribution in [2.75, 3.05) is 0 Å². The molecule has 1 fully saturated rings. The van der Waals surface area contributed by atoms with Crippen molar-refractivity contribution in [2.24, 2.45) is 0 Å². The minimum absolute atomic E-state index is 0.171. The van der Waals surface area contributed by atoms with E-state index in [1.807, 2.05) is 0 Å². The molecule has 3 rings (SSSR count). The summed E-state index contributed by atoms with van der Waals surface area (Å²) in [5.41, 5.74) is -1.18. The van der Waals surface area contributed by atoms with Crippen molar-refractivity contribution in [3.05, 3.63) is 51.9 Å². The molecular formula is C14H13F2N3O2. The average Bonchev–Trinajstić information content (AvgIpc) is 3.23. The summed E-state index contributed by atoms with van der Waals surface area (Å²) in [6, 6.07) is 4.57. The van der Waals surface area contributed by atoms with Gasteiger partial charge in [0.15, 0.2) is 11.6 Å². The Morgan fingerprint density at radius 3 is 2.62 bits per heavy atom. The fourth-order valence-corrected chi connectivity index (χ4v) is 1.99. The Kier molecular flexibility index (Phi) is 3.42. The normalized spacial score (nSPS) is 14.4. The molecule has 110 valence electrons. The highest BCUT2D eigenvalue weighted by molar-refractivity contribution is 5.36. The first kappa shape index (κ1) is 13.7. The van der Waals surface area contributed by atoms with E-state index in [0.717, 1.165) is 31.0 Å². The van der Waals surface area contributed by atoms with Gasteiger partial charge >= 0.3 is 0 Å². The van der Waals surface area contributed by atoms with Gasteiger partial charge in [-0.2, -0.15) is 9.78 Å². The number of halogens is 2. The predicted molar refractivity (Wildman–Crippen MR) is 71.3 cm³/mol. The Hall–Kier alpha value is -2.28. The van der Waals surface area contributed by atoms with Gasteiger partial charge in [-0.1, -0.05) is 6.07 Å². The number of aromatic hydroxyl groups is 1. The molecule has 1 aliphatic carbocycles. The van der Waals surface area contributed by atoms with Crippen LogP contribution in [0, 0.1) is 11.6 Å². The van der Waals surface area contributed by atoms with Crippen LogP contribution in [0.3, 0.4) is 0 Å². The van der Waals surface area contributed by atoms with Crippen molar-refractivity contribution in [2.45, 2.75) is 25.4 Å². The fourth-order valence-electron chi connectivity index (χ4n) is 1.99. The molecule has 1 aromatic heterocycles. The van der Waals surface area contributed by atoms with Crippen molar-refractivity contribution in [1.29, 1.82) is 0 Å². The summed E-state index contributed by atoms with van der Waals surface area (Å²) < 4.78 is 28.1. The molecule has 1 saturated carbocycles. The first-order valence-electron chi connectivity index (χ1n) is 6.56. The van der Waals surface area contributed by atoms with E-state index >= 15 is 0 Å². The van der Waals surface area contributed by atoms with Gasteiger partial charge in [-0.25, -0.2) is 8.78 Å². The molecule has 0 spiro atoms. The molecule has 1 heterocycles. The number of rotatable bonds is 4. The third kappa shape index (κ3) is 2.78. The summed E-state index contributed by atoms with van der Waals surface area (Å²) in [7, 11) is 0. The molecule has 0 atom stereocenters. The van der Waals surface area contributed by atoms with Crippen LogP contribution < -0.4 is 10.9 Å². The maximum Gasteiger partial charge on any atom is 0.275 e. The quantitative estimate of drug-likeness (QED) is 0.896. The van der Waals surface area contributed by atoms with Gasteiger partial charge in [0, 0.05) is 18.7 Å². The van der Waals surface area contributed by atoms with E-state index < -0.39 is 22.9 Å². The van der Waals surface area contributed by atoms with E-state index in [9.17, 15) is 18.7 Å². The maximum absolute atomic E-state index is 13.8. The Labute approximate surface area is 118 Å². The van der Waals surface area contributed by atoms with Crippen LogP contribution in [0.4, 0.5) is 8.78 Å². The topological polar surface area (TPSA) is 67.2 Å². The lowest BCUT2D eigenvalue weighted by molar-refractivity contribution is 0.448. The second-order valence-corrected chi connectivity index (χ2v) is 4.95. The Morgan fingerprint density at radius 1 is 1.33 bits per heavy atom. The molecule has 0 radical (unpaired) electrons. The third-order valence-electron chi connectivity index (χ3n) is 3.27. The Balaban J connectivity index is 2.04. The average molecular weight is 293 g/mol. The van der Waals surface area contributed by atoms with Crippen molar-refractivity contribution in [1.82, 2.24) is 15.1 Å². The number of nitrogens with one attached hydrogen (secondary N) is 1. The minimum atomic E-state index is -0.892. The van der Waals surface area contributed by atoms with Crippen LogP contribution in [0.25, 0.3) is 5.69 Å². The highest BCUT2D eigenvalue weighted by atomic mass is 19.1. The summed E-state index contributed by atoms with van der Waals surface area (Å²) in [5.74, 6) is -2.08. The minimum Gasteiger partial charge on any atom is -0.506 e. The van der Waals surface area contributed by atoms with Crippen LogP contribution in [-0.2, 0) is 6.54 Å². The van der Waals surface area contributed by atoms with Gasteiger partial charge in [0.25, 0.3) is 5.56 Å². The van der Waals surface area contributed by atoms with Crippen molar-refractivity contribution in [3.8, 4) is 11.4 Å². The van der Waals surface area contributed by atoms with Crippen LogP contribution in [0.15, 0.2) is 29.1 Å². The van der Waals surface area contributed by atoms with Gasteiger partial charge in [-0.3, -0.25) is 4.79 Å². The van der Waals surface area contributed by atoms with Crippen LogP contribution in [0.1, 0.15) is 18.5 Å². The Morgan fingerprint density at radius 2 is 2.00 bits per heavy atom. The van der Waals surface area contributed by atoms with Gasteiger partial charge in [0.2, 0.25) is 0 Å². The lowest BCUT2D eigenvalue weighted by atomic mass is 10.3. The van der Waals surface area contributed by atoms with E-state index in [0.29, 0.717) is 10.7 Å². The molecule has 7 heteroatoms. The number of hydrogen-bond donors (Lipinski definition) is 2. The molecule has 0 aliphatic heterocycles. The van der Waals surface area contributed by atoms with Gasteiger partial charge < -0.3 is 10.4 Å². The highest BCUT2D eigenvalue weighted by Gasteiger charge is 2.22. The van der Waals surface area contributed by atoms with E-state index in [1.54, 1.807) is 0 Å². The SMILES string of the molecule is O=c1cc(O)c(CNC2CC2)nn1-c1c(F)cccc1F. The molecule has 5 nitrogen and oxygen atoms in total. The molecule has 1 aliphatic rings. The summed E-state index contributed by atoms with van der Waals surface area (Å²) >= 11 is 0. The first-order chi connectivity index (χ1) is 10.1. The second kappa shape index (κ2) is 5.25. The first-order valence-corrected chi connectivity index (χ1v) is 6.56. The summed E-state index contributed by atoms with van der Waals surface area (Å²) in [6.45, 7) is 0.229. The maximum atomic E-state index is 13.8. The molecule has 2 N–H and O–H groups in total. The molecule has 2 aromatic rings. The van der Waals surface area contributed by atoms with Crippen molar-refractivity contribution in [3.63, 3.8) is 0 Å². The lowest BCUT2D eigenvalue weighted by Gasteiger charge is -2.10. The molecule has 0 bridgehead atoms. The summed E-state index contributed by atoms with van der Waals surface area (Å²) in [5, 5.41) is 16.7. The highest BCUT2D eigenvalue weighted by Crippen LogP contribution is 2.21. The standard InChI is InChI=1S/C14H13F2N3O2/c15-9-2-1-3-10(16)14(9)19-13(21)6-12(20)11(18-19)7-17-8-4-5-8/h1-3,6,8,17,20H,4-5,7H2. The van der Waals surface area contributed by atoms with E-state index in [4.69, 9.17) is 0 Å². The van der Waals surface area contributed by atoms with Gasteiger partial charge in [0.05, 0.1) is 0 Å². The zero-order chi connectivity index (χ0) is 15.0. The number of para-hydroxylation sites is 1. The molecular weight excluding hydrogens is 280 g/mol. The van der Waals surface area contributed by atoms with Gasteiger partial charge in [0.1, 0.15) is 17.1 Å². The van der Waals surface area contributed by atoms with Crippen molar-refractivity contribution >= 4 is 0 Å². The Bertz CT molecular complexity index is 721. The van der Waals surface area contributed by atoms with Crippen molar-refractivity contribution < 1.29 is 13.9 Å². The number of aromatic nitrogens is 2. The molecule has 21 heavy (non-hydrogen) atoms. The largest absolute Gasteiger partial charge is 0.506 e. The monoisotopic (exact) mass is 293 g/mol. The molecule has 1 aromatic carbocycles. The van der Waals surface area contributed by atoms with Crippen LogP contribution >= 0.6 is 0 Å². The number of nitrogens with zero attached hydrogens (tertiary/aromatic N) is 2. The van der Waals surface area contributed by atoms with Crippen LogP contribution in [0.5, 0.6) is 5.75 Å². The van der Waals surface area contributed by atoms with E-state index in [-0.39, 0.29) is 18.0 Å². The second-order valence-electron chi connectivity index (χ2n) is 4.95. The molecule has 0 amide bonds. The summed E-state index contributed by atoms with van der Waals surface area (Å²) in [4.78, 5) is 11.8. The van der Waals surface area contributed by atoms with E-state index in [2.05, 4.69) is 10.4 Å². The zero-order valence-electron chi connectivity index (χ0n) is 11.0. The fraction of sp³-hybridized carbons (Fsp3) is 0.286. The number of benzene rings is 1. The summed E-state index contributed by atoms with van der Waals surface area (Å²) in [6.07, 6.45) is 2.09. The predicted octanol–water partition coefficient (Wildman–Crippen LogP) is 1.47. The molecule has 0 unspecified atom stereocenters. The lowest BCUT2D eigenvalue weighted by Crippen LogP contribution is -2.26. The van der Waals surface area contributed by atoms with Gasteiger partial charge in [-0.05, 0) is 25.0 Å². The number of hydrogen-bond acceptors (Lipinski definition) is 4. The van der Waals surface area contributed by atoms with Crippen LogP contribution in [-0.4, -0.2) is 20.9 Å².